The molecule has 0 bridgehead atoms. The van der Waals surface area contributed by atoms with Crippen LogP contribution in [0.15, 0.2) is 47.4 Å². The lowest BCUT2D eigenvalue weighted by Gasteiger charge is -2.32. The molecule has 8 heteroatoms. The third-order valence-electron chi connectivity index (χ3n) is 6.14. The molecule has 3 aromatic rings. The number of carbonyl (C=O) groups excluding carboxylic acids is 1. The molecule has 1 N–H and O–H groups in total. The summed E-state index contributed by atoms with van der Waals surface area (Å²) in [6.45, 7) is 4.97. The van der Waals surface area contributed by atoms with E-state index in [0.717, 1.165) is 12.0 Å². The summed E-state index contributed by atoms with van der Waals surface area (Å²) in [7, 11) is 1.66. The van der Waals surface area contributed by atoms with Crippen LogP contribution in [0.3, 0.4) is 0 Å². The van der Waals surface area contributed by atoms with Gasteiger partial charge in [-0.1, -0.05) is 29.8 Å². The van der Waals surface area contributed by atoms with Crippen molar-refractivity contribution in [3.05, 3.63) is 64.1 Å². The number of benzene rings is 1. The standard InChI is InChI=1S/C25H31N5O3/c1-18-6-8-19(9-7-18)17-30-22-21(5-3-12-26-22)28-23(25(30)32)29-14-10-20(11-15-29)24(31)27-13-4-16-33-2/h3,5-9,12,20H,4,10-11,13-17H2,1-2H3,(H,27,31). The zero-order valence-electron chi connectivity index (χ0n) is 19.3. The largest absolute Gasteiger partial charge is 0.385 e. The number of aryl methyl sites for hydroxylation is 1. The van der Waals surface area contributed by atoms with Gasteiger partial charge < -0.3 is 15.0 Å². The Balaban J connectivity index is 1.53. The van der Waals surface area contributed by atoms with Gasteiger partial charge >= 0.3 is 0 Å². The summed E-state index contributed by atoms with van der Waals surface area (Å²) >= 11 is 0. The molecule has 1 aliphatic rings. The van der Waals surface area contributed by atoms with E-state index in [0.29, 0.717) is 62.6 Å². The van der Waals surface area contributed by atoms with Crippen LogP contribution in [-0.2, 0) is 16.1 Å². The number of hydrogen-bond donors (Lipinski definition) is 1. The number of anilines is 1. The molecule has 1 aromatic carbocycles. The van der Waals surface area contributed by atoms with Crippen molar-refractivity contribution in [1.82, 2.24) is 19.9 Å². The zero-order chi connectivity index (χ0) is 23.2. The number of pyridine rings is 1. The molecule has 174 valence electrons. The van der Waals surface area contributed by atoms with Crippen LogP contribution in [0.2, 0.25) is 0 Å². The minimum atomic E-state index is -0.149. The number of fused-ring (bicyclic) bond motifs is 1. The summed E-state index contributed by atoms with van der Waals surface area (Å²) < 4.78 is 6.73. The van der Waals surface area contributed by atoms with Crippen LogP contribution in [0.4, 0.5) is 5.82 Å². The predicted molar refractivity (Wildman–Crippen MR) is 129 cm³/mol. The minimum absolute atomic E-state index is 0.0410. The van der Waals surface area contributed by atoms with Crippen LogP contribution < -0.4 is 15.8 Å². The molecule has 1 amide bonds. The van der Waals surface area contributed by atoms with Crippen molar-refractivity contribution in [1.29, 1.82) is 0 Å². The molecule has 0 spiro atoms. The van der Waals surface area contributed by atoms with Gasteiger partial charge in [0.2, 0.25) is 5.91 Å². The highest BCUT2D eigenvalue weighted by molar-refractivity contribution is 5.79. The second-order valence-corrected chi connectivity index (χ2v) is 8.56. The third kappa shape index (κ3) is 5.39. The lowest BCUT2D eigenvalue weighted by Crippen LogP contribution is -2.43. The number of carbonyl (C=O) groups is 1. The van der Waals surface area contributed by atoms with Crippen LogP contribution in [-0.4, -0.2) is 53.8 Å². The van der Waals surface area contributed by atoms with Gasteiger partial charge in [-0.3, -0.25) is 14.2 Å². The average molecular weight is 450 g/mol. The Labute approximate surface area is 193 Å². The van der Waals surface area contributed by atoms with Crippen molar-refractivity contribution in [3.63, 3.8) is 0 Å². The molecule has 8 nitrogen and oxygen atoms in total. The fourth-order valence-corrected chi connectivity index (χ4v) is 4.22. The van der Waals surface area contributed by atoms with Crippen LogP contribution in [0.1, 0.15) is 30.4 Å². The zero-order valence-corrected chi connectivity index (χ0v) is 19.3. The number of hydrogen-bond acceptors (Lipinski definition) is 6. The fourth-order valence-electron chi connectivity index (χ4n) is 4.22. The number of amides is 1. The van der Waals surface area contributed by atoms with Crippen molar-refractivity contribution < 1.29 is 9.53 Å². The monoisotopic (exact) mass is 449 g/mol. The molecule has 1 fully saturated rings. The molecule has 3 heterocycles. The Morgan fingerprint density at radius 3 is 2.67 bits per heavy atom. The average Bonchev–Trinajstić information content (AvgIpc) is 2.84. The molecule has 2 aromatic heterocycles. The topological polar surface area (TPSA) is 89.3 Å². The molecule has 1 aliphatic heterocycles. The van der Waals surface area contributed by atoms with E-state index in [4.69, 9.17) is 4.74 Å². The summed E-state index contributed by atoms with van der Waals surface area (Å²) in [4.78, 5) is 37.1. The number of methoxy groups -OCH3 is 1. The van der Waals surface area contributed by atoms with E-state index in [1.165, 1.54) is 5.56 Å². The normalized spacial score (nSPS) is 14.5. The highest BCUT2D eigenvalue weighted by Gasteiger charge is 2.27. The summed E-state index contributed by atoms with van der Waals surface area (Å²) in [5, 5.41) is 2.99. The quantitative estimate of drug-likeness (QED) is 0.532. The van der Waals surface area contributed by atoms with Crippen molar-refractivity contribution in [2.75, 3.05) is 38.3 Å². The van der Waals surface area contributed by atoms with E-state index in [9.17, 15) is 9.59 Å². The lowest BCUT2D eigenvalue weighted by molar-refractivity contribution is -0.125. The maximum atomic E-state index is 13.5. The molecule has 0 atom stereocenters. The van der Waals surface area contributed by atoms with Gasteiger partial charge in [-0.2, -0.15) is 0 Å². The first-order chi connectivity index (χ1) is 16.1. The van der Waals surface area contributed by atoms with Crippen LogP contribution in [0.25, 0.3) is 11.2 Å². The van der Waals surface area contributed by atoms with Gasteiger partial charge in [0.1, 0.15) is 5.52 Å². The number of nitrogens with one attached hydrogen (secondary N) is 1. The predicted octanol–water partition coefficient (Wildman–Crippen LogP) is 2.52. The molecule has 33 heavy (non-hydrogen) atoms. The number of nitrogens with zero attached hydrogens (tertiary/aromatic N) is 4. The molecular formula is C25H31N5O3. The highest BCUT2D eigenvalue weighted by Crippen LogP contribution is 2.22. The van der Waals surface area contributed by atoms with E-state index >= 15 is 0 Å². The SMILES string of the molecule is COCCCNC(=O)C1CCN(c2nc3cccnc3n(Cc3ccc(C)cc3)c2=O)CC1. The summed E-state index contributed by atoms with van der Waals surface area (Å²) in [5.74, 6) is 0.473. The van der Waals surface area contributed by atoms with E-state index in [1.54, 1.807) is 17.9 Å². The van der Waals surface area contributed by atoms with Crippen molar-refractivity contribution >= 4 is 22.9 Å². The molecule has 1 saturated heterocycles. The minimum Gasteiger partial charge on any atom is -0.385 e. The van der Waals surface area contributed by atoms with Crippen LogP contribution >= 0.6 is 0 Å². The number of aromatic nitrogens is 3. The smallest absolute Gasteiger partial charge is 0.295 e. The first-order valence-corrected chi connectivity index (χ1v) is 11.5. The third-order valence-corrected chi connectivity index (χ3v) is 6.14. The maximum Gasteiger partial charge on any atom is 0.295 e. The Bertz CT molecular complexity index is 1150. The number of piperidine rings is 1. The van der Waals surface area contributed by atoms with E-state index in [2.05, 4.69) is 15.3 Å². The van der Waals surface area contributed by atoms with Gasteiger partial charge in [0.15, 0.2) is 11.5 Å². The fraction of sp³-hybridized carbons (Fsp3) is 0.440. The second kappa shape index (κ2) is 10.6. The van der Waals surface area contributed by atoms with E-state index < -0.39 is 0 Å². The number of ether oxygens (including phenoxy) is 1. The van der Waals surface area contributed by atoms with Crippen molar-refractivity contribution in [2.24, 2.45) is 5.92 Å². The highest BCUT2D eigenvalue weighted by atomic mass is 16.5. The molecular weight excluding hydrogens is 418 g/mol. The lowest BCUT2D eigenvalue weighted by atomic mass is 9.96. The Morgan fingerprint density at radius 2 is 1.94 bits per heavy atom. The van der Waals surface area contributed by atoms with Crippen molar-refractivity contribution in [2.45, 2.75) is 32.7 Å². The number of rotatable bonds is 8. The van der Waals surface area contributed by atoms with Gasteiger partial charge in [0, 0.05) is 45.5 Å². The van der Waals surface area contributed by atoms with Crippen molar-refractivity contribution in [3.8, 4) is 0 Å². The van der Waals surface area contributed by atoms with Gasteiger partial charge in [-0.25, -0.2) is 9.97 Å². The van der Waals surface area contributed by atoms with E-state index in [-0.39, 0.29) is 17.4 Å². The second-order valence-electron chi connectivity index (χ2n) is 8.56. The van der Waals surface area contributed by atoms with Gasteiger partial charge in [0.05, 0.1) is 6.54 Å². The van der Waals surface area contributed by atoms with Gasteiger partial charge in [-0.05, 0) is 43.9 Å². The molecule has 0 unspecified atom stereocenters. The Hall–Kier alpha value is -3.26. The maximum absolute atomic E-state index is 13.5. The summed E-state index contributed by atoms with van der Waals surface area (Å²) in [6, 6.07) is 11.9. The van der Waals surface area contributed by atoms with E-state index in [1.807, 2.05) is 48.2 Å². The first-order valence-electron chi connectivity index (χ1n) is 11.5. The van der Waals surface area contributed by atoms with Gasteiger partial charge in [0.25, 0.3) is 5.56 Å². The first kappa shape index (κ1) is 22.9. The molecule has 0 radical (unpaired) electrons. The summed E-state index contributed by atoms with van der Waals surface area (Å²) in [6.07, 6.45) is 3.88. The molecule has 4 rings (SSSR count). The molecule has 0 aliphatic carbocycles. The molecule has 0 saturated carbocycles. The van der Waals surface area contributed by atoms with Crippen LogP contribution in [0.5, 0.6) is 0 Å². The Morgan fingerprint density at radius 1 is 1.18 bits per heavy atom. The summed E-state index contributed by atoms with van der Waals surface area (Å²) in [5.41, 5.74) is 3.34. The van der Waals surface area contributed by atoms with Gasteiger partial charge in [-0.15, -0.1) is 0 Å². The van der Waals surface area contributed by atoms with Crippen LogP contribution in [0, 0.1) is 12.8 Å². The Kier molecular flexibility index (Phi) is 7.34.